The van der Waals surface area contributed by atoms with Crippen molar-refractivity contribution in [3.05, 3.63) is 425 Å². The van der Waals surface area contributed by atoms with Crippen LogP contribution in [0.1, 0.15) is 97.1 Å². The van der Waals surface area contributed by atoms with Gasteiger partial charge in [0.2, 0.25) is 5.78 Å². The number of carbonyl (C=O) groups excluding carboxylic acids is 5. The molecule has 18 nitrogen and oxygen atoms in total. The average molecular weight is 2000 g/mol. The number of nitrogens with one attached hydrogen (secondary N) is 1. The summed E-state index contributed by atoms with van der Waals surface area (Å²) < 4.78 is 68.0. The van der Waals surface area contributed by atoms with Gasteiger partial charge in [-0.2, -0.15) is 0 Å². The van der Waals surface area contributed by atoms with E-state index in [1.807, 2.05) is 181 Å². The second kappa shape index (κ2) is 47.2. The molecule has 656 valence electrons. The van der Waals surface area contributed by atoms with Gasteiger partial charge in [0.15, 0.2) is 17.8 Å². The molecule has 0 aliphatic carbocycles. The summed E-state index contributed by atoms with van der Waals surface area (Å²) in [5.74, 6) is -0.179. The van der Waals surface area contributed by atoms with Gasteiger partial charge < -0.3 is 48.4 Å². The first-order valence-corrected chi connectivity index (χ1v) is 44.1. The number of likely N-dealkylation sites (tertiary alicyclic amines) is 1. The first-order valence-electron chi connectivity index (χ1n) is 40.6. The molecule has 0 unspecified atom stereocenters. The number of Topliss-reactive ketones (excluding diaryl/α,β-unsaturated/α-hetero) is 1. The van der Waals surface area contributed by atoms with Crippen molar-refractivity contribution >= 4 is 163 Å². The molecule has 17 aromatic rings. The number of phenolic OH excluding ortho intramolecular Hbond substituents is 1. The highest BCUT2D eigenvalue weighted by atomic mass is 79.9. The number of ketones is 2. The summed E-state index contributed by atoms with van der Waals surface area (Å²) in [5.41, 5.74) is 12.2. The van der Waals surface area contributed by atoms with E-state index in [4.69, 9.17) is 43.0 Å². The summed E-state index contributed by atoms with van der Waals surface area (Å²) in [4.78, 5) is 77.1. The molecule has 26 heteroatoms. The fourth-order valence-electron chi connectivity index (χ4n) is 13.6. The number of halogens is 7. The quantitative estimate of drug-likeness (QED) is 0.0179. The van der Waals surface area contributed by atoms with E-state index in [9.17, 15) is 46.7 Å². The molecule has 13 aromatic carbocycles. The number of fused-ring (bicyclic) bond motifs is 4. The second-order valence-corrected chi connectivity index (χ2v) is 33.2. The first-order chi connectivity index (χ1) is 62.8. The lowest BCUT2D eigenvalue weighted by atomic mass is 9.79. The van der Waals surface area contributed by atoms with Gasteiger partial charge in [0.05, 0.1) is 22.7 Å². The molecule has 0 bridgehead atoms. The third-order valence-corrected chi connectivity index (χ3v) is 22.5. The van der Waals surface area contributed by atoms with Gasteiger partial charge in [-0.05, 0) is 155 Å². The van der Waals surface area contributed by atoms with Crippen molar-refractivity contribution in [2.24, 2.45) is 11.8 Å². The zero-order valence-corrected chi connectivity index (χ0v) is 75.6. The molecule has 0 atom stereocenters. The van der Waals surface area contributed by atoms with E-state index in [1.165, 1.54) is 34.9 Å². The van der Waals surface area contributed by atoms with E-state index in [-0.39, 0.29) is 46.0 Å². The first kappa shape index (κ1) is 95.8. The fourth-order valence-corrected chi connectivity index (χ4v) is 15.0. The standard InChI is InChI=1S/C26H22FNO3.C22H15FO2.C15H9BrO2.C15H11BrO.C8H7BrO.C7H6BFO3.C7H5BrO2.C4H7NO2/c27-24-11-18(14-28-15-21(16-28)26(29)30)6-8-23(24)19-7-9-25-20(12-19)13-22(31-25)10-17-4-2-1-3-5-17;23-21-11-16(14-24)6-8-20(21)17-7-9-22-18(12-17)13-19(25-22)10-15-4-2-1-3-5-15;16-12-6-7-13-11(8-12)9-14(18-13)15(17)10-4-2-1-3-5-10;16-13-6-7-15-12(9-13)10-14(17-15)8-11-4-2-1-3-5-11;9-6-8(10)7-4-2-1-3-5-7;9-7-3-5(4-10)1-2-6(7)8(11)12;8-6-1-2-7(10)5(3-6)4-9;6-4(7)3-1-5-2-3/h1-9,11-13,21H,10,14-16H2,(H,29,30);1-9,11-14H,10H2;1-9H;1-7,9-10H,8H2;1-5H,6H2;1-4,11-12H;1-4,10H;3,5H,1-2H2,(H,6,7). The lowest BCUT2D eigenvalue weighted by Gasteiger charge is -2.36. The van der Waals surface area contributed by atoms with Gasteiger partial charge in [0.1, 0.15) is 75.4 Å². The molecule has 19 rings (SSSR count). The number of hydrogen-bond acceptors (Lipinski definition) is 16. The summed E-state index contributed by atoms with van der Waals surface area (Å²) in [6.07, 6.45) is 4.01. The van der Waals surface area contributed by atoms with E-state index in [0.717, 1.165) is 115 Å². The Balaban J connectivity index is 0.000000140. The number of phenols is 1. The number of aldehydes is 3. The number of alkyl halides is 1. The molecular weight excluding hydrogens is 1920 g/mol. The van der Waals surface area contributed by atoms with Crippen molar-refractivity contribution in [1.29, 1.82) is 0 Å². The maximum Gasteiger partial charge on any atom is 0.491 e. The van der Waals surface area contributed by atoms with Gasteiger partial charge in [-0.15, -0.1) is 0 Å². The van der Waals surface area contributed by atoms with Crippen LogP contribution >= 0.6 is 63.7 Å². The minimum absolute atomic E-state index is 0.0122. The predicted octanol–water partition coefficient (Wildman–Crippen LogP) is 23.0. The highest BCUT2D eigenvalue weighted by Gasteiger charge is 2.32. The molecule has 0 radical (unpaired) electrons. The van der Waals surface area contributed by atoms with Crippen LogP contribution in [-0.2, 0) is 35.4 Å². The van der Waals surface area contributed by atoms with Crippen molar-refractivity contribution in [2.45, 2.75) is 25.8 Å². The van der Waals surface area contributed by atoms with Crippen LogP contribution in [0.15, 0.2) is 353 Å². The van der Waals surface area contributed by atoms with Crippen molar-refractivity contribution in [1.82, 2.24) is 10.2 Å². The van der Waals surface area contributed by atoms with Crippen LogP contribution in [0.25, 0.3) is 66.1 Å². The maximum absolute atomic E-state index is 14.9. The number of aliphatic carboxylic acids is 2. The van der Waals surface area contributed by atoms with E-state index in [1.54, 1.807) is 54.6 Å². The highest BCUT2D eigenvalue weighted by molar-refractivity contribution is 9.11. The maximum atomic E-state index is 14.9. The molecule has 0 saturated carbocycles. The molecule has 0 spiro atoms. The normalized spacial score (nSPS) is 11.9. The van der Waals surface area contributed by atoms with Crippen molar-refractivity contribution in [3.8, 4) is 28.0 Å². The number of benzene rings is 13. The van der Waals surface area contributed by atoms with E-state index in [2.05, 4.69) is 130 Å². The predicted molar refractivity (Wildman–Crippen MR) is 512 cm³/mol. The van der Waals surface area contributed by atoms with Gasteiger partial charge in [-0.3, -0.25) is 38.5 Å². The van der Waals surface area contributed by atoms with E-state index >= 15 is 0 Å². The van der Waals surface area contributed by atoms with Crippen LogP contribution in [0.3, 0.4) is 0 Å². The molecule has 6 heterocycles. The number of carbonyl (C=O) groups is 7. The second-order valence-electron chi connectivity index (χ2n) is 29.9. The lowest BCUT2D eigenvalue weighted by Crippen LogP contribution is -2.49. The number of furan rings is 4. The lowest BCUT2D eigenvalue weighted by molar-refractivity contribution is -0.148. The number of hydrogen-bond donors (Lipinski definition) is 6. The fraction of sp³-hybridized carbons (Fsp3) is 0.106. The Kier molecular flexibility index (Phi) is 34.8. The number of carboxylic acid groups (broad SMARTS) is 2. The Labute approximate surface area is 779 Å². The molecule has 2 aliphatic rings. The number of nitrogens with zero attached hydrogens (tertiary/aromatic N) is 1. The summed E-state index contributed by atoms with van der Waals surface area (Å²) in [7, 11) is -1.84. The summed E-state index contributed by atoms with van der Waals surface area (Å²) in [6.45, 7) is 2.89. The van der Waals surface area contributed by atoms with Crippen LogP contribution in [0.5, 0.6) is 5.75 Å². The molecule has 0 amide bonds. The monoisotopic (exact) mass is 2000 g/mol. The van der Waals surface area contributed by atoms with Crippen LogP contribution in [0.4, 0.5) is 13.2 Å². The third kappa shape index (κ3) is 27.4. The van der Waals surface area contributed by atoms with Gasteiger partial charge >= 0.3 is 19.1 Å². The molecule has 2 saturated heterocycles. The Hall–Kier alpha value is -13.3. The Bertz CT molecular complexity index is 6750. The third-order valence-electron chi connectivity index (χ3n) is 20.5. The van der Waals surface area contributed by atoms with Crippen LogP contribution < -0.4 is 10.8 Å². The van der Waals surface area contributed by atoms with Crippen LogP contribution in [0, 0.1) is 29.3 Å². The number of aromatic hydroxyl groups is 1. The molecule has 6 N–H and O–H groups in total. The Morgan fingerprint density at radius 2 is 0.823 bits per heavy atom. The highest BCUT2D eigenvalue weighted by Crippen LogP contribution is 2.34. The van der Waals surface area contributed by atoms with Gasteiger partial charge in [0.25, 0.3) is 0 Å². The topological polar surface area (TPSA) is 288 Å². The molecule has 4 aromatic heterocycles. The van der Waals surface area contributed by atoms with Crippen LogP contribution in [0.2, 0.25) is 0 Å². The Morgan fingerprint density at radius 3 is 1.23 bits per heavy atom. The Morgan fingerprint density at radius 1 is 0.415 bits per heavy atom. The van der Waals surface area contributed by atoms with Crippen LogP contribution in [-0.4, -0.2) is 111 Å². The largest absolute Gasteiger partial charge is 0.507 e. The zero-order valence-electron chi connectivity index (χ0n) is 69.2. The minimum atomic E-state index is -1.84. The smallest absolute Gasteiger partial charge is 0.491 e. The van der Waals surface area contributed by atoms with Crippen molar-refractivity contribution in [2.75, 3.05) is 31.5 Å². The zero-order chi connectivity index (χ0) is 92.2. The number of carboxylic acids is 2. The summed E-state index contributed by atoms with van der Waals surface area (Å²) >= 11 is 13.1. The SMILES string of the molecule is Brc1ccc2oc(Cc3ccccc3)cc2c1.O=C(CBr)c1ccccc1.O=C(O)C1CN(Cc2ccc(-c3ccc4oc(Cc5ccccc5)cc4c3)c(F)c2)C1.O=C(O)C1CNC1.O=C(c1ccccc1)c1cc2cc(Br)ccc2o1.O=Cc1cc(Br)ccc1O.O=Cc1ccc(-c2ccc3oc(Cc4ccccc4)cc3c2)c(F)c1.O=Cc1ccc(B(O)O)c(F)c1. The van der Waals surface area contributed by atoms with Gasteiger partial charge in [-0.25, -0.2) is 13.2 Å². The van der Waals surface area contributed by atoms with Gasteiger partial charge in [-0.1, -0.05) is 264 Å². The van der Waals surface area contributed by atoms with Gasteiger partial charge in [0, 0.05) is 126 Å². The molecule has 2 fully saturated rings. The van der Waals surface area contributed by atoms with Crippen molar-refractivity contribution in [3.63, 3.8) is 0 Å². The average Bonchev–Trinajstić information content (AvgIpc) is 1.63. The summed E-state index contributed by atoms with van der Waals surface area (Å²) in [5, 5.41) is 50.6. The van der Waals surface area contributed by atoms with Crippen molar-refractivity contribution < 1.29 is 89.8 Å². The molecule has 2 aliphatic heterocycles. The van der Waals surface area contributed by atoms with E-state index < -0.39 is 30.7 Å². The molecule has 130 heavy (non-hydrogen) atoms. The molecular formula is C104H82BBr4F3N2O16. The summed E-state index contributed by atoms with van der Waals surface area (Å²) in [6, 6.07) is 97.8. The van der Waals surface area contributed by atoms with E-state index in [0.29, 0.717) is 103 Å². The minimum Gasteiger partial charge on any atom is -0.507 e. The number of rotatable bonds is 20.